The standard InChI is InChI=1S/C27H31ClF3N5O6/c1-3-4-21(15-5-7-19(25(38)39)20(32)11-15)34-26(40)36-13-23(35-42-14-27(29,30)31)33-12-17(24(36)37)9-16-10-18(28)6-8-22(16)41-2/h5-8,10-11,17,21H,3-4,9,12-14,32H2,1-2H3,(H,33,35)(H,34,40)(H,38,39)/t17-,21?/m0/s1. The van der Waals surface area contributed by atoms with E-state index in [0.29, 0.717) is 34.7 Å². The average Bonchev–Trinajstić information content (AvgIpc) is 3.06. The third-order valence-corrected chi connectivity index (χ3v) is 6.62. The number of nitrogens with zero attached hydrogens (tertiary/aromatic N) is 2. The van der Waals surface area contributed by atoms with Crippen LogP contribution in [0.15, 0.2) is 41.4 Å². The maximum Gasteiger partial charge on any atom is 0.414 e. The van der Waals surface area contributed by atoms with E-state index in [4.69, 9.17) is 22.1 Å². The predicted molar refractivity (Wildman–Crippen MR) is 148 cm³/mol. The number of carbonyl (C=O) groups is 3. The summed E-state index contributed by atoms with van der Waals surface area (Å²) >= 11 is 6.14. The number of hydrogen-bond acceptors (Lipinski definition) is 8. The van der Waals surface area contributed by atoms with Crippen LogP contribution in [0.25, 0.3) is 0 Å². The molecule has 0 radical (unpaired) electrons. The Morgan fingerprint density at radius 2 is 2.00 bits per heavy atom. The Kier molecular flexibility index (Phi) is 11.0. The lowest BCUT2D eigenvalue weighted by molar-refractivity contribution is -0.182. The summed E-state index contributed by atoms with van der Waals surface area (Å²) in [4.78, 5) is 48.2. The number of ether oxygens (including phenoxy) is 1. The summed E-state index contributed by atoms with van der Waals surface area (Å²) in [7, 11) is 1.45. The lowest BCUT2D eigenvalue weighted by Crippen LogP contribution is -2.50. The summed E-state index contributed by atoms with van der Waals surface area (Å²) in [6.07, 6.45) is -3.53. The summed E-state index contributed by atoms with van der Waals surface area (Å²) in [5.74, 6) is -2.46. The molecule has 1 heterocycles. The van der Waals surface area contributed by atoms with Crippen LogP contribution in [-0.4, -0.2) is 66.7 Å². The van der Waals surface area contributed by atoms with E-state index in [2.05, 4.69) is 20.6 Å². The van der Waals surface area contributed by atoms with Crippen molar-refractivity contribution in [3.8, 4) is 5.75 Å². The second-order valence-corrected chi connectivity index (χ2v) is 9.95. The first kappa shape index (κ1) is 32.5. The number of aliphatic imine (C=N–C) groups is 1. The fourth-order valence-corrected chi connectivity index (χ4v) is 4.58. The lowest BCUT2D eigenvalue weighted by atomic mass is 9.97. The molecular weight excluding hydrogens is 583 g/mol. The van der Waals surface area contributed by atoms with Gasteiger partial charge in [-0.25, -0.2) is 9.59 Å². The Labute approximate surface area is 244 Å². The summed E-state index contributed by atoms with van der Waals surface area (Å²) in [6.45, 7) is -0.417. The largest absolute Gasteiger partial charge is 0.496 e. The van der Waals surface area contributed by atoms with Crippen LogP contribution in [0.1, 0.15) is 47.3 Å². The SMILES string of the molecule is CCCC(NC(=O)N1CC(NOCC(F)(F)F)=NC[C@H](Cc2cc(Cl)ccc2OC)C1=O)c1ccc(C(=O)O)c(N)c1. The fraction of sp³-hybridized carbons (Fsp3) is 0.407. The zero-order valence-corrected chi connectivity index (χ0v) is 23.6. The summed E-state index contributed by atoms with van der Waals surface area (Å²) in [6, 6.07) is 7.61. The molecule has 2 aromatic rings. The maximum atomic E-state index is 13.7. The van der Waals surface area contributed by atoms with Gasteiger partial charge in [0.1, 0.15) is 11.6 Å². The number of urea groups is 1. The van der Waals surface area contributed by atoms with Gasteiger partial charge in [-0.1, -0.05) is 31.0 Å². The number of nitrogens with two attached hydrogens (primary N) is 1. The maximum absolute atomic E-state index is 13.7. The van der Waals surface area contributed by atoms with Crippen molar-refractivity contribution in [2.75, 3.05) is 32.5 Å². The number of hydrogen-bond donors (Lipinski definition) is 4. The van der Waals surface area contributed by atoms with Gasteiger partial charge < -0.3 is 20.9 Å². The average molecular weight is 614 g/mol. The number of nitrogens with one attached hydrogen (secondary N) is 2. The highest BCUT2D eigenvalue weighted by Crippen LogP contribution is 2.28. The van der Waals surface area contributed by atoms with Gasteiger partial charge >= 0.3 is 18.2 Å². The van der Waals surface area contributed by atoms with Gasteiger partial charge in [-0.3, -0.25) is 25.0 Å². The molecule has 1 aliphatic rings. The van der Waals surface area contributed by atoms with Gasteiger partial charge in [0.15, 0.2) is 6.61 Å². The first-order valence-corrected chi connectivity index (χ1v) is 13.3. The molecule has 3 rings (SSSR count). The zero-order valence-electron chi connectivity index (χ0n) is 22.8. The Morgan fingerprint density at radius 1 is 1.26 bits per heavy atom. The topological polar surface area (TPSA) is 156 Å². The van der Waals surface area contributed by atoms with E-state index in [1.54, 1.807) is 18.2 Å². The molecule has 5 N–H and O–H groups in total. The first-order chi connectivity index (χ1) is 19.8. The molecule has 0 aliphatic carbocycles. The van der Waals surface area contributed by atoms with Gasteiger partial charge in [0.2, 0.25) is 5.91 Å². The number of benzene rings is 2. The number of halogens is 4. The Bertz CT molecular complexity index is 1340. The Morgan fingerprint density at radius 3 is 2.62 bits per heavy atom. The minimum absolute atomic E-state index is 0.00262. The van der Waals surface area contributed by atoms with E-state index in [1.807, 2.05) is 6.92 Å². The number of methoxy groups -OCH3 is 1. The molecule has 42 heavy (non-hydrogen) atoms. The second-order valence-electron chi connectivity index (χ2n) is 9.52. The molecule has 0 spiro atoms. The molecular formula is C27H31ClF3N5O6. The van der Waals surface area contributed by atoms with Crippen molar-refractivity contribution in [2.24, 2.45) is 10.9 Å². The number of imide groups is 1. The normalized spacial score (nSPS) is 16.3. The van der Waals surface area contributed by atoms with Crippen molar-refractivity contribution in [2.45, 2.75) is 38.4 Å². The zero-order chi connectivity index (χ0) is 31.0. The number of anilines is 1. The summed E-state index contributed by atoms with van der Waals surface area (Å²) < 4.78 is 43.3. The van der Waals surface area contributed by atoms with Crippen molar-refractivity contribution < 1.29 is 42.2 Å². The van der Waals surface area contributed by atoms with E-state index in [-0.39, 0.29) is 30.1 Å². The highest BCUT2D eigenvalue weighted by molar-refractivity contribution is 6.30. The van der Waals surface area contributed by atoms with E-state index in [9.17, 15) is 32.7 Å². The van der Waals surface area contributed by atoms with Gasteiger partial charge in [0, 0.05) is 10.7 Å². The third kappa shape index (κ3) is 8.73. The van der Waals surface area contributed by atoms with E-state index >= 15 is 0 Å². The minimum atomic E-state index is -4.62. The van der Waals surface area contributed by atoms with E-state index in [1.165, 1.54) is 25.3 Å². The molecule has 1 unspecified atom stereocenters. The Hall–Kier alpha value is -4.04. The highest BCUT2D eigenvalue weighted by atomic mass is 35.5. The molecule has 228 valence electrons. The molecule has 0 fully saturated rings. The summed E-state index contributed by atoms with van der Waals surface area (Å²) in [5, 5.41) is 12.4. The number of hydroxylamine groups is 1. The molecule has 1 aliphatic heterocycles. The van der Waals surface area contributed by atoms with Crippen LogP contribution in [0.3, 0.4) is 0 Å². The van der Waals surface area contributed by atoms with E-state index < -0.39 is 49.2 Å². The van der Waals surface area contributed by atoms with Crippen molar-refractivity contribution >= 4 is 41.0 Å². The molecule has 0 saturated heterocycles. The molecule has 0 aromatic heterocycles. The third-order valence-electron chi connectivity index (χ3n) is 6.39. The van der Waals surface area contributed by atoms with Crippen molar-refractivity contribution in [3.05, 3.63) is 58.1 Å². The van der Waals surface area contributed by atoms with Crippen LogP contribution >= 0.6 is 11.6 Å². The molecule has 2 aromatic carbocycles. The number of aromatic carboxylic acids is 1. The Balaban J connectivity index is 1.90. The van der Waals surface area contributed by atoms with Gasteiger partial charge in [-0.05, 0) is 54.3 Å². The molecule has 3 amide bonds. The van der Waals surface area contributed by atoms with Crippen LogP contribution in [0.4, 0.5) is 23.7 Å². The van der Waals surface area contributed by atoms with Gasteiger partial charge in [0.25, 0.3) is 0 Å². The number of rotatable bonds is 10. The fourth-order valence-electron chi connectivity index (χ4n) is 4.39. The quantitative estimate of drug-likeness (QED) is 0.227. The number of carboxylic acid groups (broad SMARTS) is 1. The molecule has 15 heteroatoms. The molecule has 0 saturated carbocycles. The van der Waals surface area contributed by atoms with Crippen molar-refractivity contribution in [3.63, 3.8) is 0 Å². The van der Waals surface area contributed by atoms with Crippen molar-refractivity contribution in [1.29, 1.82) is 0 Å². The summed E-state index contributed by atoms with van der Waals surface area (Å²) in [5.41, 5.74) is 8.98. The van der Waals surface area contributed by atoms with Crippen LogP contribution in [0, 0.1) is 5.92 Å². The minimum Gasteiger partial charge on any atom is -0.496 e. The van der Waals surface area contributed by atoms with Crippen LogP contribution < -0.4 is 21.3 Å². The molecule has 11 nitrogen and oxygen atoms in total. The van der Waals surface area contributed by atoms with Gasteiger partial charge in [0.05, 0.1) is 37.7 Å². The van der Waals surface area contributed by atoms with Crippen LogP contribution in [0.2, 0.25) is 5.02 Å². The van der Waals surface area contributed by atoms with Crippen LogP contribution in [-0.2, 0) is 16.1 Å². The monoisotopic (exact) mass is 613 g/mol. The number of alkyl halides is 3. The number of carbonyl (C=O) groups excluding carboxylic acids is 2. The van der Waals surface area contributed by atoms with E-state index in [0.717, 1.165) is 4.90 Å². The number of nitrogen functional groups attached to an aromatic ring is 1. The smallest absolute Gasteiger partial charge is 0.414 e. The van der Waals surface area contributed by atoms with Gasteiger partial charge in [-0.15, -0.1) is 0 Å². The van der Waals surface area contributed by atoms with Crippen molar-refractivity contribution in [1.82, 2.24) is 15.7 Å². The first-order valence-electron chi connectivity index (χ1n) is 12.9. The lowest BCUT2D eigenvalue weighted by Gasteiger charge is -2.27. The van der Waals surface area contributed by atoms with Crippen LogP contribution in [0.5, 0.6) is 5.75 Å². The number of carboxylic acids is 1. The molecule has 2 atom stereocenters. The number of amides is 3. The predicted octanol–water partition coefficient (Wildman–Crippen LogP) is 4.36. The second kappa shape index (κ2) is 14.2. The number of amidine groups is 1. The highest BCUT2D eigenvalue weighted by Gasteiger charge is 2.35. The molecule has 0 bridgehead atoms. The van der Waals surface area contributed by atoms with Gasteiger partial charge in [-0.2, -0.15) is 13.2 Å².